The molecule has 0 amide bonds. The SMILES string of the molecule is COc1ccc(C)cc1[C@H](C)NC(=S)Nc1cccc(C)c1C. The minimum absolute atomic E-state index is 0.0509. The molecule has 0 fully saturated rings. The van der Waals surface area contributed by atoms with Gasteiger partial charge in [0.25, 0.3) is 0 Å². The van der Waals surface area contributed by atoms with Crippen molar-refractivity contribution in [1.29, 1.82) is 0 Å². The summed E-state index contributed by atoms with van der Waals surface area (Å²) in [6, 6.07) is 12.4. The Kier molecular flexibility index (Phi) is 5.61. The maximum absolute atomic E-state index is 5.46. The summed E-state index contributed by atoms with van der Waals surface area (Å²) in [5.41, 5.74) is 5.77. The Morgan fingerprint density at radius 2 is 1.87 bits per heavy atom. The summed E-state index contributed by atoms with van der Waals surface area (Å²) in [7, 11) is 1.69. The molecule has 4 heteroatoms. The molecule has 2 aromatic carbocycles. The van der Waals surface area contributed by atoms with Gasteiger partial charge in [-0.15, -0.1) is 0 Å². The minimum Gasteiger partial charge on any atom is -0.496 e. The molecule has 0 saturated carbocycles. The summed E-state index contributed by atoms with van der Waals surface area (Å²) >= 11 is 5.46. The molecule has 23 heavy (non-hydrogen) atoms. The van der Waals surface area contributed by atoms with Gasteiger partial charge in [0, 0.05) is 11.3 Å². The van der Waals surface area contributed by atoms with E-state index in [0.29, 0.717) is 5.11 Å². The molecular formula is C19H24N2OS. The fourth-order valence-electron chi connectivity index (χ4n) is 2.51. The zero-order valence-corrected chi connectivity index (χ0v) is 15.2. The zero-order chi connectivity index (χ0) is 17.0. The number of ether oxygens (including phenoxy) is 1. The van der Waals surface area contributed by atoms with Crippen LogP contribution in [0.2, 0.25) is 0 Å². The average molecular weight is 328 g/mol. The van der Waals surface area contributed by atoms with Crippen LogP contribution in [0.15, 0.2) is 36.4 Å². The van der Waals surface area contributed by atoms with E-state index in [2.05, 4.69) is 50.5 Å². The van der Waals surface area contributed by atoms with Crippen molar-refractivity contribution in [3.05, 3.63) is 58.7 Å². The van der Waals surface area contributed by atoms with Gasteiger partial charge < -0.3 is 15.4 Å². The monoisotopic (exact) mass is 328 g/mol. The molecule has 0 saturated heterocycles. The number of nitrogens with one attached hydrogen (secondary N) is 2. The number of anilines is 1. The zero-order valence-electron chi connectivity index (χ0n) is 14.4. The van der Waals surface area contributed by atoms with Gasteiger partial charge in [-0.25, -0.2) is 0 Å². The predicted molar refractivity (Wildman–Crippen MR) is 101 cm³/mol. The van der Waals surface area contributed by atoms with Gasteiger partial charge in [-0.2, -0.15) is 0 Å². The highest BCUT2D eigenvalue weighted by Gasteiger charge is 2.13. The summed E-state index contributed by atoms with van der Waals surface area (Å²) in [4.78, 5) is 0. The molecule has 1 atom stereocenters. The molecule has 0 aromatic heterocycles. The number of benzene rings is 2. The molecule has 2 rings (SSSR count). The number of aryl methyl sites for hydroxylation is 2. The molecule has 2 aromatic rings. The highest BCUT2D eigenvalue weighted by molar-refractivity contribution is 7.80. The van der Waals surface area contributed by atoms with E-state index in [4.69, 9.17) is 17.0 Å². The first-order valence-corrected chi connectivity index (χ1v) is 8.11. The second-order valence-corrected chi connectivity index (χ2v) is 6.22. The number of hydrogen-bond donors (Lipinski definition) is 2. The van der Waals surface area contributed by atoms with Crippen LogP contribution in [0.1, 0.15) is 35.2 Å². The van der Waals surface area contributed by atoms with Gasteiger partial charge in [0.2, 0.25) is 0 Å². The lowest BCUT2D eigenvalue weighted by molar-refractivity contribution is 0.405. The summed E-state index contributed by atoms with van der Waals surface area (Å²) in [6.07, 6.45) is 0. The van der Waals surface area contributed by atoms with Crippen LogP contribution in [0.5, 0.6) is 5.75 Å². The summed E-state index contributed by atoms with van der Waals surface area (Å²) in [5, 5.41) is 7.22. The third-order valence-corrected chi connectivity index (χ3v) is 4.27. The van der Waals surface area contributed by atoms with E-state index in [1.54, 1.807) is 7.11 Å². The van der Waals surface area contributed by atoms with E-state index in [0.717, 1.165) is 17.0 Å². The van der Waals surface area contributed by atoms with Crippen molar-refractivity contribution in [3.63, 3.8) is 0 Å². The maximum atomic E-state index is 5.46. The molecule has 0 aliphatic carbocycles. The number of hydrogen-bond acceptors (Lipinski definition) is 2. The molecule has 0 radical (unpaired) electrons. The molecule has 0 aliphatic rings. The van der Waals surface area contributed by atoms with E-state index < -0.39 is 0 Å². The smallest absolute Gasteiger partial charge is 0.171 e. The predicted octanol–water partition coefficient (Wildman–Crippen LogP) is 4.67. The largest absolute Gasteiger partial charge is 0.496 e. The first kappa shape index (κ1) is 17.3. The Hall–Kier alpha value is -2.07. The van der Waals surface area contributed by atoms with Gasteiger partial charge in [0.15, 0.2) is 5.11 Å². The highest BCUT2D eigenvalue weighted by Crippen LogP contribution is 2.26. The Morgan fingerprint density at radius 3 is 2.57 bits per heavy atom. The molecular weight excluding hydrogens is 304 g/mol. The second-order valence-electron chi connectivity index (χ2n) is 5.81. The second kappa shape index (κ2) is 7.47. The lowest BCUT2D eigenvalue weighted by atomic mass is 10.0. The van der Waals surface area contributed by atoms with Crippen molar-refractivity contribution in [2.45, 2.75) is 33.7 Å². The number of methoxy groups -OCH3 is 1. The lowest BCUT2D eigenvalue weighted by Crippen LogP contribution is -2.31. The van der Waals surface area contributed by atoms with E-state index >= 15 is 0 Å². The Balaban J connectivity index is 2.11. The van der Waals surface area contributed by atoms with Crippen LogP contribution >= 0.6 is 12.2 Å². The van der Waals surface area contributed by atoms with E-state index in [9.17, 15) is 0 Å². The van der Waals surface area contributed by atoms with E-state index in [-0.39, 0.29) is 6.04 Å². The molecule has 0 heterocycles. The van der Waals surface area contributed by atoms with E-state index in [1.807, 2.05) is 24.3 Å². The van der Waals surface area contributed by atoms with Gasteiger partial charge in [-0.05, 0) is 63.2 Å². The molecule has 0 spiro atoms. The Morgan fingerprint density at radius 1 is 1.13 bits per heavy atom. The van der Waals surface area contributed by atoms with Gasteiger partial charge >= 0.3 is 0 Å². The van der Waals surface area contributed by atoms with Crippen LogP contribution < -0.4 is 15.4 Å². The summed E-state index contributed by atoms with van der Waals surface area (Å²) < 4.78 is 5.45. The molecule has 0 unspecified atom stereocenters. The number of thiocarbonyl (C=S) groups is 1. The molecule has 3 nitrogen and oxygen atoms in total. The molecule has 2 N–H and O–H groups in total. The normalized spacial score (nSPS) is 11.7. The first-order chi connectivity index (χ1) is 10.9. The van der Waals surface area contributed by atoms with Gasteiger partial charge in [0.05, 0.1) is 13.2 Å². The van der Waals surface area contributed by atoms with E-state index in [1.165, 1.54) is 16.7 Å². The Labute approximate surface area is 144 Å². The summed E-state index contributed by atoms with van der Waals surface area (Å²) in [5.74, 6) is 0.866. The summed E-state index contributed by atoms with van der Waals surface area (Å²) in [6.45, 7) is 8.33. The van der Waals surface area contributed by atoms with Gasteiger partial charge in [-0.3, -0.25) is 0 Å². The third-order valence-electron chi connectivity index (χ3n) is 4.05. The van der Waals surface area contributed by atoms with Crippen LogP contribution in [0.4, 0.5) is 5.69 Å². The fraction of sp³-hybridized carbons (Fsp3) is 0.316. The average Bonchev–Trinajstić information content (AvgIpc) is 2.51. The van der Waals surface area contributed by atoms with Crippen LogP contribution in [-0.4, -0.2) is 12.2 Å². The van der Waals surface area contributed by atoms with Crippen molar-refractivity contribution in [2.24, 2.45) is 0 Å². The standard InChI is InChI=1S/C19H24N2OS/c1-12-9-10-18(22-5)16(11-12)15(4)20-19(23)21-17-8-6-7-13(2)14(17)3/h6-11,15H,1-5H3,(H2,20,21,23)/t15-/m0/s1. The molecule has 122 valence electrons. The van der Waals surface area contributed by atoms with Crippen LogP contribution in [-0.2, 0) is 0 Å². The third kappa shape index (κ3) is 4.23. The highest BCUT2D eigenvalue weighted by atomic mass is 32.1. The topological polar surface area (TPSA) is 33.3 Å². The maximum Gasteiger partial charge on any atom is 0.171 e. The lowest BCUT2D eigenvalue weighted by Gasteiger charge is -2.21. The first-order valence-electron chi connectivity index (χ1n) is 7.70. The molecule has 0 aliphatic heterocycles. The van der Waals surface area contributed by atoms with Crippen LogP contribution in [0.3, 0.4) is 0 Å². The van der Waals surface area contributed by atoms with Crippen molar-refractivity contribution < 1.29 is 4.74 Å². The van der Waals surface area contributed by atoms with Crippen LogP contribution in [0, 0.1) is 20.8 Å². The van der Waals surface area contributed by atoms with Crippen LogP contribution in [0.25, 0.3) is 0 Å². The van der Waals surface area contributed by atoms with Gasteiger partial charge in [-0.1, -0.05) is 29.8 Å². The quantitative estimate of drug-likeness (QED) is 0.799. The molecule has 0 bridgehead atoms. The van der Waals surface area contributed by atoms with Crippen molar-refractivity contribution >= 4 is 23.0 Å². The van der Waals surface area contributed by atoms with Crippen molar-refractivity contribution in [3.8, 4) is 5.75 Å². The minimum atomic E-state index is 0.0509. The number of rotatable bonds is 4. The van der Waals surface area contributed by atoms with Crippen molar-refractivity contribution in [2.75, 3.05) is 12.4 Å². The van der Waals surface area contributed by atoms with Gasteiger partial charge in [0.1, 0.15) is 5.75 Å². The fourth-order valence-corrected chi connectivity index (χ4v) is 2.80. The van der Waals surface area contributed by atoms with Crippen molar-refractivity contribution in [1.82, 2.24) is 5.32 Å². The Bertz CT molecular complexity index is 713.